The second-order valence-corrected chi connectivity index (χ2v) is 3.28. The molecule has 1 atom stereocenters. The van der Waals surface area contributed by atoms with E-state index in [1.54, 1.807) is 6.07 Å². The molecular formula is C10H7ClFNO. The maximum atomic E-state index is 13.3. The summed E-state index contributed by atoms with van der Waals surface area (Å²) >= 11 is 5.54. The van der Waals surface area contributed by atoms with E-state index in [0.717, 1.165) is 6.07 Å². The quantitative estimate of drug-likeness (QED) is 0.755. The van der Waals surface area contributed by atoms with E-state index in [1.165, 1.54) is 19.1 Å². The molecule has 0 aliphatic rings. The van der Waals surface area contributed by atoms with Gasteiger partial charge >= 0.3 is 0 Å². The van der Waals surface area contributed by atoms with Crippen LogP contribution in [0.5, 0.6) is 0 Å². The van der Waals surface area contributed by atoms with E-state index in [9.17, 15) is 9.18 Å². The van der Waals surface area contributed by atoms with Crippen LogP contribution in [0.25, 0.3) is 0 Å². The molecule has 0 radical (unpaired) electrons. The van der Waals surface area contributed by atoms with E-state index in [2.05, 4.69) is 0 Å². The Balaban J connectivity index is 3.19. The zero-order valence-electron chi connectivity index (χ0n) is 7.42. The van der Waals surface area contributed by atoms with Gasteiger partial charge in [-0.25, -0.2) is 4.39 Å². The standard InChI is InChI=1S/C10H7ClFNO/c1-6(14)9(5-13)8-3-2-7(11)4-10(8)12/h2-4,9H,1H3. The largest absolute Gasteiger partial charge is 0.298 e. The zero-order chi connectivity index (χ0) is 10.7. The Morgan fingerprint density at radius 1 is 1.64 bits per heavy atom. The monoisotopic (exact) mass is 211 g/mol. The lowest BCUT2D eigenvalue weighted by Crippen LogP contribution is -2.08. The highest BCUT2D eigenvalue weighted by Crippen LogP contribution is 2.22. The van der Waals surface area contributed by atoms with Gasteiger partial charge in [0.2, 0.25) is 0 Å². The van der Waals surface area contributed by atoms with E-state index in [4.69, 9.17) is 16.9 Å². The van der Waals surface area contributed by atoms with Crippen molar-refractivity contribution in [3.05, 3.63) is 34.6 Å². The highest BCUT2D eigenvalue weighted by molar-refractivity contribution is 6.30. The molecule has 1 rings (SSSR count). The minimum atomic E-state index is -1.05. The number of ketones is 1. The van der Waals surface area contributed by atoms with Crippen molar-refractivity contribution < 1.29 is 9.18 Å². The Morgan fingerprint density at radius 3 is 2.71 bits per heavy atom. The molecule has 0 N–H and O–H groups in total. The van der Waals surface area contributed by atoms with E-state index in [1.807, 2.05) is 0 Å². The summed E-state index contributed by atoms with van der Waals surface area (Å²) in [6.45, 7) is 1.25. The van der Waals surface area contributed by atoms with Gasteiger partial charge in [-0.1, -0.05) is 17.7 Å². The Kier molecular flexibility index (Phi) is 3.21. The third kappa shape index (κ3) is 2.09. The summed E-state index contributed by atoms with van der Waals surface area (Å²) in [5.41, 5.74) is 0.0735. The first-order valence-electron chi connectivity index (χ1n) is 3.91. The van der Waals surface area contributed by atoms with Crippen LogP contribution in [-0.4, -0.2) is 5.78 Å². The van der Waals surface area contributed by atoms with Gasteiger partial charge in [0.25, 0.3) is 0 Å². The molecule has 0 heterocycles. The van der Waals surface area contributed by atoms with Crippen LogP contribution in [0, 0.1) is 17.1 Å². The van der Waals surface area contributed by atoms with Crippen LogP contribution >= 0.6 is 11.6 Å². The number of hydrogen-bond acceptors (Lipinski definition) is 2. The van der Waals surface area contributed by atoms with Gasteiger partial charge in [-0.3, -0.25) is 4.79 Å². The summed E-state index contributed by atoms with van der Waals surface area (Å²) in [6, 6.07) is 5.64. The number of nitrogens with zero attached hydrogens (tertiary/aromatic N) is 1. The number of carbonyl (C=O) groups is 1. The van der Waals surface area contributed by atoms with Gasteiger partial charge in [-0.05, 0) is 19.1 Å². The summed E-state index contributed by atoms with van der Waals surface area (Å²) in [5.74, 6) is -2.06. The number of halogens is 2. The van der Waals surface area contributed by atoms with E-state index in [0.29, 0.717) is 0 Å². The van der Waals surface area contributed by atoms with Crippen LogP contribution in [0.15, 0.2) is 18.2 Å². The number of benzene rings is 1. The summed E-state index contributed by atoms with van der Waals surface area (Å²) in [7, 11) is 0. The van der Waals surface area contributed by atoms with Crippen LogP contribution in [0.1, 0.15) is 18.4 Å². The number of Topliss-reactive ketones (excluding diaryl/α,β-unsaturated/α-hetero) is 1. The van der Waals surface area contributed by atoms with Crippen molar-refractivity contribution in [2.75, 3.05) is 0 Å². The summed E-state index contributed by atoms with van der Waals surface area (Å²) in [4.78, 5) is 11.0. The minimum Gasteiger partial charge on any atom is -0.298 e. The average molecular weight is 212 g/mol. The normalized spacial score (nSPS) is 11.9. The van der Waals surface area contributed by atoms with Crippen molar-refractivity contribution in [3.8, 4) is 6.07 Å². The van der Waals surface area contributed by atoms with Crippen molar-refractivity contribution in [1.29, 1.82) is 5.26 Å². The number of hydrogen-bond donors (Lipinski definition) is 0. The first-order valence-corrected chi connectivity index (χ1v) is 4.29. The lowest BCUT2D eigenvalue weighted by atomic mass is 9.97. The Labute approximate surface area is 85.9 Å². The van der Waals surface area contributed by atoms with Gasteiger partial charge in [0, 0.05) is 10.6 Å². The maximum absolute atomic E-state index is 13.3. The molecule has 0 saturated carbocycles. The summed E-state index contributed by atoms with van der Waals surface area (Å²) < 4.78 is 13.3. The van der Waals surface area contributed by atoms with Crippen LogP contribution < -0.4 is 0 Å². The fourth-order valence-corrected chi connectivity index (χ4v) is 1.27. The van der Waals surface area contributed by atoms with Gasteiger partial charge in [0.15, 0.2) is 5.78 Å². The maximum Gasteiger partial charge on any atom is 0.151 e. The molecule has 0 fully saturated rings. The first-order chi connectivity index (χ1) is 6.56. The molecule has 0 aromatic heterocycles. The summed E-state index contributed by atoms with van der Waals surface area (Å²) in [5, 5.41) is 8.92. The molecule has 0 aliphatic heterocycles. The van der Waals surface area contributed by atoms with Crippen LogP contribution in [0.3, 0.4) is 0 Å². The fourth-order valence-electron chi connectivity index (χ4n) is 1.12. The molecule has 0 spiro atoms. The van der Waals surface area contributed by atoms with Crippen LogP contribution in [0.4, 0.5) is 4.39 Å². The van der Waals surface area contributed by atoms with Crippen molar-refractivity contribution in [2.45, 2.75) is 12.8 Å². The molecule has 1 aromatic rings. The Hall–Kier alpha value is -1.40. The van der Waals surface area contributed by atoms with Gasteiger partial charge in [0.1, 0.15) is 11.7 Å². The second kappa shape index (κ2) is 4.21. The minimum absolute atomic E-state index is 0.0735. The molecule has 0 saturated heterocycles. The smallest absolute Gasteiger partial charge is 0.151 e. The van der Waals surface area contributed by atoms with E-state index < -0.39 is 11.7 Å². The molecule has 1 aromatic carbocycles. The van der Waals surface area contributed by atoms with Crippen LogP contribution in [0.2, 0.25) is 5.02 Å². The van der Waals surface area contributed by atoms with Gasteiger partial charge in [0.05, 0.1) is 6.07 Å². The number of carbonyl (C=O) groups excluding carboxylic acids is 1. The highest BCUT2D eigenvalue weighted by Gasteiger charge is 2.19. The van der Waals surface area contributed by atoms with Crippen LogP contribution in [-0.2, 0) is 4.79 Å². The fraction of sp³-hybridized carbons (Fsp3) is 0.200. The van der Waals surface area contributed by atoms with Gasteiger partial charge in [-0.2, -0.15) is 5.26 Å². The van der Waals surface area contributed by atoms with E-state index >= 15 is 0 Å². The van der Waals surface area contributed by atoms with Gasteiger partial charge < -0.3 is 0 Å². The predicted octanol–water partition coefficient (Wildman–Crippen LogP) is 2.68. The van der Waals surface area contributed by atoms with Crippen molar-refractivity contribution in [2.24, 2.45) is 0 Å². The molecule has 14 heavy (non-hydrogen) atoms. The number of nitriles is 1. The van der Waals surface area contributed by atoms with Crippen molar-refractivity contribution in [1.82, 2.24) is 0 Å². The Bertz CT molecular complexity index is 411. The molecule has 0 aliphatic carbocycles. The van der Waals surface area contributed by atoms with Gasteiger partial charge in [-0.15, -0.1) is 0 Å². The molecule has 0 bridgehead atoms. The first kappa shape index (κ1) is 10.7. The van der Waals surface area contributed by atoms with E-state index in [-0.39, 0.29) is 16.4 Å². The molecular weight excluding hydrogens is 205 g/mol. The number of rotatable bonds is 2. The lowest BCUT2D eigenvalue weighted by molar-refractivity contribution is -0.117. The molecule has 4 heteroatoms. The SMILES string of the molecule is CC(=O)C(C#N)c1ccc(Cl)cc1F. The average Bonchev–Trinajstić information content (AvgIpc) is 2.09. The lowest BCUT2D eigenvalue weighted by Gasteiger charge is -2.06. The third-order valence-corrected chi connectivity index (χ3v) is 2.04. The topological polar surface area (TPSA) is 40.9 Å². The van der Waals surface area contributed by atoms with Crippen molar-refractivity contribution >= 4 is 17.4 Å². The Morgan fingerprint density at radius 2 is 2.29 bits per heavy atom. The highest BCUT2D eigenvalue weighted by atomic mass is 35.5. The molecule has 2 nitrogen and oxygen atoms in total. The third-order valence-electron chi connectivity index (χ3n) is 1.81. The summed E-state index contributed by atoms with van der Waals surface area (Å²) in [6.07, 6.45) is 0. The predicted molar refractivity (Wildman–Crippen MR) is 50.4 cm³/mol. The molecule has 72 valence electrons. The van der Waals surface area contributed by atoms with Crippen molar-refractivity contribution in [3.63, 3.8) is 0 Å². The molecule has 0 amide bonds. The zero-order valence-corrected chi connectivity index (χ0v) is 8.18. The molecule has 1 unspecified atom stereocenters. The second-order valence-electron chi connectivity index (χ2n) is 2.84.